The third-order valence-corrected chi connectivity index (χ3v) is 7.28. The minimum atomic E-state index is -1.12. The number of hydrogen-bond acceptors (Lipinski definition) is 7. The molecule has 1 amide bonds. The number of piperazine rings is 1. The lowest BCUT2D eigenvalue weighted by molar-refractivity contribution is -0.116. The van der Waals surface area contributed by atoms with Crippen LogP contribution in [0.1, 0.15) is 13.8 Å². The Hall–Kier alpha value is -3.38. The van der Waals surface area contributed by atoms with Crippen LogP contribution in [-0.4, -0.2) is 53.8 Å². The molecule has 3 aromatic rings. The number of thioether (sulfide) groups is 1. The lowest BCUT2D eigenvalue weighted by Crippen LogP contribution is -2.44. The fourth-order valence-corrected chi connectivity index (χ4v) is 5.39. The van der Waals surface area contributed by atoms with Gasteiger partial charge in [0.05, 0.1) is 33.9 Å². The first-order chi connectivity index (χ1) is 17.7. The number of carbonyl (C=O) groups excluding carboxylic acids is 1. The molecule has 0 unspecified atom stereocenters. The second-order valence-corrected chi connectivity index (χ2v) is 9.95. The van der Waals surface area contributed by atoms with E-state index in [0.717, 1.165) is 24.0 Å². The van der Waals surface area contributed by atoms with Gasteiger partial charge in [0.15, 0.2) is 17.5 Å². The molecule has 7 nitrogen and oxygen atoms in total. The van der Waals surface area contributed by atoms with Gasteiger partial charge in [0.1, 0.15) is 11.5 Å². The minimum Gasteiger partial charge on any atom is -0.367 e. The zero-order valence-electron chi connectivity index (χ0n) is 20.1. The van der Waals surface area contributed by atoms with Crippen molar-refractivity contribution in [3.63, 3.8) is 0 Å². The molecule has 0 spiro atoms. The summed E-state index contributed by atoms with van der Waals surface area (Å²) in [4.78, 5) is 23.9. The SMILES string of the molecule is CC(C)N1C(=O)CSc2c(F)cc(-c3nc(Nc4ccc(N5CCNCC5)c(F)c4F)ncc3F)cc21. The Morgan fingerprint density at radius 1 is 1.03 bits per heavy atom. The van der Waals surface area contributed by atoms with E-state index >= 15 is 4.39 Å². The molecule has 0 bridgehead atoms. The van der Waals surface area contributed by atoms with Gasteiger partial charge in [-0.1, -0.05) is 0 Å². The fraction of sp³-hybridized carbons (Fsp3) is 0.320. The Balaban J connectivity index is 1.48. The summed E-state index contributed by atoms with van der Waals surface area (Å²) < 4.78 is 59.5. The van der Waals surface area contributed by atoms with E-state index in [4.69, 9.17) is 0 Å². The van der Waals surface area contributed by atoms with Crippen LogP contribution in [0.2, 0.25) is 0 Å². The van der Waals surface area contributed by atoms with Crippen molar-refractivity contribution >= 4 is 40.7 Å². The molecule has 0 aliphatic carbocycles. The number of halogens is 4. The number of hydrogen-bond donors (Lipinski definition) is 2. The van der Waals surface area contributed by atoms with Crippen molar-refractivity contribution in [2.75, 3.05) is 47.0 Å². The molecule has 5 rings (SSSR count). The summed E-state index contributed by atoms with van der Waals surface area (Å²) in [5, 5.41) is 5.75. The van der Waals surface area contributed by atoms with Gasteiger partial charge in [-0.15, -0.1) is 11.8 Å². The average molecular weight is 533 g/mol. The molecular formula is C25H24F4N6OS. The lowest BCUT2D eigenvalue weighted by Gasteiger charge is -2.32. The second-order valence-electron chi connectivity index (χ2n) is 8.96. The number of nitrogens with zero attached hydrogens (tertiary/aromatic N) is 4. The van der Waals surface area contributed by atoms with Crippen molar-refractivity contribution < 1.29 is 22.4 Å². The Morgan fingerprint density at radius 2 is 1.78 bits per heavy atom. The molecule has 3 heterocycles. The van der Waals surface area contributed by atoms with E-state index in [0.29, 0.717) is 36.8 Å². The van der Waals surface area contributed by atoms with Crippen LogP contribution in [0.15, 0.2) is 35.4 Å². The summed E-state index contributed by atoms with van der Waals surface area (Å²) in [7, 11) is 0. The fourth-order valence-electron chi connectivity index (χ4n) is 4.48. The number of rotatable bonds is 5. The topological polar surface area (TPSA) is 73.4 Å². The van der Waals surface area contributed by atoms with Crippen molar-refractivity contribution in [1.82, 2.24) is 15.3 Å². The number of fused-ring (bicyclic) bond motifs is 1. The number of amides is 1. The van der Waals surface area contributed by atoms with Gasteiger partial charge in [-0.25, -0.2) is 27.5 Å². The maximum Gasteiger partial charge on any atom is 0.237 e. The maximum absolute atomic E-state index is 15.0. The monoisotopic (exact) mass is 532 g/mol. The highest BCUT2D eigenvalue weighted by molar-refractivity contribution is 8.00. The van der Waals surface area contributed by atoms with E-state index < -0.39 is 23.3 Å². The van der Waals surface area contributed by atoms with Gasteiger partial charge >= 0.3 is 0 Å². The van der Waals surface area contributed by atoms with E-state index in [-0.39, 0.29) is 46.3 Å². The molecule has 2 aliphatic heterocycles. The highest BCUT2D eigenvalue weighted by Gasteiger charge is 2.30. The molecular weight excluding hydrogens is 508 g/mol. The highest BCUT2D eigenvalue weighted by Crippen LogP contribution is 2.41. The molecule has 2 aromatic carbocycles. The molecule has 1 saturated heterocycles. The molecule has 1 fully saturated rings. The maximum atomic E-state index is 15.0. The smallest absolute Gasteiger partial charge is 0.237 e. The predicted molar refractivity (Wildman–Crippen MR) is 135 cm³/mol. The average Bonchev–Trinajstić information content (AvgIpc) is 2.88. The van der Waals surface area contributed by atoms with E-state index in [1.807, 2.05) is 0 Å². The molecule has 12 heteroatoms. The summed E-state index contributed by atoms with van der Waals surface area (Å²) in [6.07, 6.45) is 0.867. The molecule has 2 N–H and O–H groups in total. The third-order valence-electron chi connectivity index (χ3n) is 6.19. The number of aromatic nitrogens is 2. The van der Waals surface area contributed by atoms with E-state index in [1.54, 1.807) is 18.7 Å². The number of carbonyl (C=O) groups is 1. The van der Waals surface area contributed by atoms with Crippen molar-refractivity contribution in [3.8, 4) is 11.3 Å². The van der Waals surface area contributed by atoms with Crippen LogP contribution in [0, 0.1) is 23.3 Å². The molecule has 1 aromatic heterocycles. The molecule has 2 aliphatic rings. The quantitative estimate of drug-likeness (QED) is 0.462. The number of benzene rings is 2. The molecule has 0 atom stereocenters. The first-order valence-electron chi connectivity index (χ1n) is 11.8. The summed E-state index contributed by atoms with van der Waals surface area (Å²) in [5.41, 5.74) is 0.0935. The van der Waals surface area contributed by atoms with Crippen molar-refractivity contribution in [2.24, 2.45) is 0 Å². The van der Waals surface area contributed by atoms with E-state index in [9.17, 15) is 18.0 Å². The number of nitrogens with one attached hydrogen (secondary N) is 2. The molecule has 0 saturated carbocycles. The highest BCUT2D eigenvalue weighted by atomic mass is 32.2. The van der Waals surface area contributed by atoms with Crippen molar-refractivity contribution in [3.05, 3.63) is 53.7 Å². The Bertz CT molecular complexity index is 1370. The molecule has 194 valence electrons. The van der Waals surface area contributed by atoms with Gasteiger partial charge in [-0.2, -0.15) is 0 Å². The van der Waals surface area contributed by atoms with Crippen LogP contribution in [0.3, 0.4) is 0 Å². The zero-order chi connectivity index (χ0) is 26.3. The zero-order valence-corrected chi connectivity index (χ0v) is 20.9. The summed E-state index contributed by atoms with van der Waals surface area (Å²) in [5.74, 6) is -3.86. The minimum absolute atomic E-state index is 0.0841. The van der Waals surface area contributed by atoms with Gasteiger partial charge in [-0.05, 0) is 38.1 Å². The van der Waals surface area contributed by atoms with E-state index in [2.05, 4.69) is 20.6 Å². The first kappa shape index (κ1) is 25.3. The Kier molecular flexibility index (Phi) is 6.95. The Labute approximate surface area is 215 Å². The van der Waals surface area contributed by atoms with Crippen LogP contribution in [0.4, 0.5) is 40.6 Å². The van der Waals surface area contributed by atoms with Gasteiger partial charge in [0, 0.05) is 37.8 Å². The first-order valence-corrected chi connectivity index (χ1v) is 12.7. The van der Waals surface area contributed by atoms with Crippen LogP contribution >= 0.6 is 11.8 Å². The normalized spacial score (nSPS) is 15.8. The van der Waals surface area contributed by atoms with Crippen LogP contribution in [-0.2, 0) is 4.79 Å². The summed E-state index contributed by atoms with van der Waals surface area (Å²) in [6.45, 7) is 6.02. The van der Waals surface area contributed by atoms with Gasteiger partial charge in [0.25, 0.3) is 0 Å². The summed E-state index contributed by atoms with van der Waals surface area (Å²) >= 11 is 1.08. The van der Waals surface area contributed by atoms with Gasteiger partial charge in [-0.3, -0.25) is 4.79 Å². The van der Waals surface area contributed by atoms with Crippen molar-refractivity contribution in [2.45, 2.75) is 24.8 Å². The third kappa shape index (κ3) is 4.82. The van der Waals surface area contributed by atoms with E-state index in [1.165, 1.54) is 23.1 Å². The number of anilines is 4. The second kappa shape index (κ2) is 10.2. The lowest BCUT2D eigenvalue weighted by atomic mass is 10.1. The van der Waals surface area contributed by atoms with Crippen LogP contribution in [0.25, 0.3) is 11.3 Å². The summed E-state index contributed by atoms with van der Waals surface area (Å²) in [6, 6.07) is 5.23. The van der Waals surface area contributed by atoms with Crippen LogP contribution in [0.5, 0.6) is 0 Å². The Morgan fingerprint density at radius 3 is 2.51 bits per heavy atom. The van der Waals surface area contributed by atoms with Crippen LogP contribution < -0.4 is 20.4 Å². The van der Waals surface area contributed by atoms with Crippen molar-refractivity contribution in [1.29, 1.82) is 0 Å². The predicted octanol–water partition coefficient (Wildman–Crippen LogP) is 4.70. The largest absolute Gasteiger partial charge is 0.367 e. The van der Waals surface area contributed by atoms with Gasteiger partial charge < -0.3 is 20.4 Å². The van der Waals surface area contributed by atoms with Gasteiger partial charge in [0.2, 0.25) is 11.9 Å². The molecule has 37 heavy (non-hydrogen) atoms. The molecule has 0 radical (unpaired) electrons. The standard InChI is InChI=1S/C25H24F4N6OS/c1-13(2)35-19-10-14(9-15(26)24(19)37-12-20(35)36)23-16(27)11-31-25(33-23)32-17-3-4-18(22(29)21(17)28)34-7-5-30-6-8-34/h3-4,9-11,13,30H,5-8,12H2,1-2H3,(H,31,32,33).